The van der Waals surface area contributed by atoms with Crippen molar-refractivity contribution in [2.24, 2.45) is 0 Å². The number of fused-ring (bicyclic) bond motifs is 2. The molecule has 0 unspecified atom stereocenters. The number of carbonyl (C=O) groups is 1. The predicted octanol–water partition coefficient (Wildman–Crippen LogP) is 5.06. The Balaban J connectivity index is 1.88. The van der Waals surface area contributed by atoms with E-state index in [0.717, 1.165) is 32.3 Å². The summed E-state index contributed by atoms with van der Waals surface area (Å²) in [4.78, 5) is 12.6. The van der Waals surface area contributed by atoms with Crippen LogP contribution in [-0.4, -0.2) is 22.2 Å². The van der Waals surface area contributed by atoms with Crippen molar-refractivity contribution in [1.29, 1.82) is 0 Å². The normalized spacial score (nSPS) is 11.1. The van der Waals surface area contributed by atoms with Gasteiger partial charge in [0.2, 0.25) is 0 Å². The fraction of sp³-hybridized carbons (Fsp3) is 0.0500. The smallest absolute Gasteiger partial charge is 0.337 e. The number of hydrogen-bond donors (Lipinski definition) is 1. The molecular formula is C20H15NO3S. The average molecular weight is 349 g/mol. The van der Waals surface area contributed by atoms with Crippen molar-refractivity contribution in [2.45, 2.75) is 4.90 Å². The standard InChI is InChI=1S/C20H15NO3S/c1-24-18-10-11-19(15-8-3-2-7-14(15)18)25-21-12-16(20(22)23)13-6-4-5-9-17(13)21/h2-12H,1H3,(H,22,23). The third-order valence-electron chi connectivity index (χ3n) is 4.17. The van der Waals surface area contributed by atoms with Crippen LogP contribution in [0.2, 0.25) is 0 Å². The molecule has 124 valence electrons. The van der Waals surface area contributed by atoms with Crippen LogP contribution in [0.4, 0.5) is 0 Å². The molecule has 5 heteroatoms. The molecule has 1 heterocycles. The molecule has 1 N–H and O–H groups in total. The van der Waals surface area contributed by atoms with Gasteiger partial charge in [-0.25, -0.2) is 4.79 Å². The van der Waals surface area contributed by atoms with Crippen LogP contribution in [0.25, 0.3) is 21.7 Å². The fourth-order valence-corrected chi connectivity index (χ4v) is 4.04. The molecule has 3 aromatic carbocycles. The van der Waals surface area contributed by atoms with Gasteiger partial charge in [-0.05, 0) is 30.1 Å². The average Bonchev–Trinajstić information content (AvgIpc) is 3.01. The van der Waals surface area contributed by atoms with Crippen molar-refractivity contribution < 1.29 is 14.6 Å². The first-order chi connectivity index (χ1) is 12.2. The number of benzene rings is 3. The molecule has 0 atom stereocenters. The third kappa shape index (κ3) is 2.62. The van der Waals surface area contributed by atoms with Gasteiger partial charge in [0, 0.05) is 27.3 Å². The number of rotatable bonds is 4. The molecule has 25 heavy (non-hydrogen) atoms. The van der Waals surface area contributed by atoms with Crippen LogP contribution in [0.5, 0.6) is 5.75 Å². The molecule has 0 aliphatic heterocycles. The monoisotopic (exact) mass is 349 g/mol. The molecule has 0 radical (unpaired) electrons. The van der Waals surface area contributed by atoms with E-state index < -0.39 is 5.97 Å². The highest BCUT2D eigenvalue weighted by Crippen LogP contribution is 2.36. The Bertz CT molecular complexity index is 1100. The number of nitrogens with zero attached hydrogens (tertiary/aromatic N) is 1. The maximum Gasteiger partial charge on any atom is 0.337 e. The van der Waals surface area contributed by atoms with Crippen molar-refractivity contribution in [3.8, 4) is 5.75 Å². The zero-order chi connectivity index (χ0) is 17.4. The first kappa shape index (κ1) is 15.6. The summed E-state index contributed by atoms with van der Waals surface area (Å²) >= 11 is 1.50. The van der Waals surface area contributed by atoms with Crippen molar-refractivity contribution >= 4 is 39.6 Å². The maximum absolute atomic E-state index is 11.5. The number of para-hydroxylation sites is 1. The lowest BCUT2D eigenvalue weighted by molar-refractivity contribution is 0.0699. The first-order valence-electron chi connectivity index (χ1n) is 7.76. The minimum Gasteiger partial charge on any atom is -0.496 e. The van der Waals surface area contributed by atoms with Crippen LogP contribution < -0.4 is 4.74 Å². The molecular weight excluding hydrogens is 334 g/mol. The summed E-state index contributed by atoms with van der Waals surface area (Å²) in [5.41, 5.74) is 1.19. The van der Waals surface area contributed by atoms with E-state index in [1.54, 1.807) is 13.3 Å². The highest BCUT2D eigenvalue weighted by atomic mass is 32.2. The topological polar surface area (TPSA) is 51.5 Å². The molecule has 0 spiro atoms. The summed E-state index contributed by atoms with van der Waals surface area (Å²) in [6.07, 6.45) is 1.68. The van der Waals surface area contributed by atoms with Gasteiger partial charge < -0.3 is 9.84 Å². The molecule has 0 saturated heterocycles. The Hall–Kier alpha value is -2.92. The first-order valence-corrected chi connectivity index (χ1v) is 8.54. The number of aromatic carboxylic acids is 1. The molecule has 4 aromatic rings. The number of hydrogen-bond acceptors (Lipinski definition) is 3. The van der Waals surface area contributed by atoms with Crippen LogP contribution in [0.1, 0.15) is 10.4 Å². The number of methoxy groups -OCH3 is 1. The molecule has 0 fully saturated rings. The van der Waals surface area contributed by atoms with Gasteiger partial charge in [-0.1, -0.05) is 42.5 Å². The second kappa shape index (κ2) is 6.18. The Morgan fingerprint density at radius 1 is 0.960 bits per heavy atom. The van der Waals surface area contributed by atoms with E-state index in [1.165, 1.54) is 11.9 Å². The Morgan fingerprint density at radius 3 is 2.36 bits per heavy atom. The zero-order valence-corrected chi connectivity index (χ0v) is 14.3. The van der Waals surface area contributed by atoms with Crippen molar-refractivity contribution in [1.82, 2.24) is 3.97 Å². The van der Waals surface area contributed by atoms with E-state index in [0.29, 0.717) is 5.56 Å². The largest absolute Gasteiger partial charge is 0.496 e. The summed E-state index contributed by atoms with van der Waals surface area (Å²) < 4.78 is 7.35. The molecule has 1 aromatic heterocycles. The number of carboxylic acids is 1. The highest BCUT2D eigenvalue weighted by molar-refractivity contribution is 7.98. The number of ether oxygens (including phenoxy) is 1. The Kier molecular flexibility index (Phi) is 3.86. The molecule has 0 aliphatic carbocycles. The van der Waals surface area contributed by atoms with Crippen molar-refractivity contribution in [3.63, 3.8) is 0 Å². The molecule has 4 nitrogen and oxygen atoms in total. The predicted molar refractivity (Wildman–Crippen MR) is 101 cm³/mol. The van der Waals surface area contributed by atoms with Crippen LogP contribution in [0.3, 0.4) is 0 Å². The number of carboxylic acid groups (broad SMARTS) is 1. The summed E-state index contributed by atoms with van der Waals surface area (Å²) in [6.45, 7) is 0. The van der Waals surface area contributed by atoms with E-state index >= 15 is 0 Å². The number of aromatic nitrogens is 1. The van der Waals surface area contributed by atoms with E-state index in [1.807, 2.05) is 64.6 Å². The van der Waals surface area contributed by atoms with E-state index in [9.17, 15) is 9.90 Å². The molecule has 0 amide bonds. The highest BCUT2D eigenvalue weighted by Gasteiger charge is 2.15. The molecule has 4 rings (SSSR count). The Morgan fingerprint density at radius 2 is 1.64 bits per heavy atom. The Labute approximate surface area is 148 Å². The van der Waals surface area contributed by atoms with Crippen molar-refractivity contribution in [3.05, 3.63) is 72.4 Å². The fourth-order valence-electron chi connectivity index (χ4n) is 3.00. The van der Waals surface area contributed by atoms with Gasteiger partial charge in [-0.2, -0.15) is 0 Å². The second-order valence-corrected chi connectivity index (χ2v) is 6.61. The molecule has 0 aliphatic rings. The van der Waals surface area contributed by atoms with Gasteiger partial charge in [-0.3, -0.25) is 3.97 Å². The van der Waals surface area contributed by atoms with E-state index in [2.05, 4.69) is 0 Å². The van der Waals surface area contributed by atoms with Crippen molar-refractivity contribution in [2.75, 3.05) is 7.11 Å². The summed E-state index contributed by atoms with van der Waals surface area (Å²) in [5.74, 6) is -0.0984. The third-order valence-corrected chi connectivity index (χ3v) is 5.22. The lowest BCUT2D eigenvalue weighted by atomic mass is 10.1. The van der Waals surface area contributed by atoms with E-state index in [-0.39, 0.29) is 0 Å². The van der Waals surface area contributed by atoms with Crippen LogP contribution >= 0.6 is 11.9 Å². The quantitative estimate of drug-likeness (QED) is 0.560. The lowest BCUT2D eigenvalue weighted by Crippen LogP contribution is -1.93. The summed E-state index contributed by atoms with van der Waals surface area (Å²) in [5, 5.41) is 12.3. The second-order valence-electron chi connectivity index (χ2n) is 5.59. The maximum atomic E-state index is 11.5. The van der Waals surface area contributed by atoms with Gasteiger partial charge in [0.25, 0.3) is 0 Å². The van der Waals surface area contributed by atoms with Crippen LogP contribution in [0, 0.1) is 0 Å². The SMILES string of the molecule is COc1ccc(Sn2cc(C(=O)O)c3ccccc32)c2ccccc12. The minimum absolute atomic E-state index is 0.306. The van der Waals surface area contributed by atoms with Gasteiger partial charge in [0.05, 0.1) is 18.2 Å². The summed E-state index contributed by atoms with van der Waals surface area (Å²) in [6, 6.07) is 19.5. The van der Waals surface area contributed by atoms with Crippen LogP contribution in [0.15, 0.2) is 71.8 Å². The van der Waals surface area contributed by atoms with Crippen LogP contribution in [-0.2, 0) is 0 Å². The minimum atomic E-state index is -0.921. The molecule has 0 bridgehead atoms. The zero-order valence-electron chi connectivity index (χ0n) is 13.5. The van der Waals surface area contributed by atoms with E-state index in [4.69, 9.17) is 4.74 Å². The lowest BCUT2D eigenvalue weighted by Gasteiger charge is -2.11. The van der Waals surface area contributed by atoms with Gasteiger partial charge >= 0.3 is 5.97 Å². The van der Waals surface area contributed by atoms with Gasteiger partial charge in [0.15, 0.2) is 0 Å². The molecule has 0 saturated carbocycles. The van der Waals surface area contributed by atoms with Gasteiger partial charge in [0.1, 0.15) is 5.75 Å². The van der Waals surface area contributed by atoms with Gasteiger partial charge in [-0.15, -0.1) is 0 Å². The summed E-state index contributed by atoms with van der Waals surface area (Å²) in [7, 11) is 1.66.